The number of nitrogens with one attached hydrogen (secondary N) is 2. The van der Waals surface area contributed by atoms with E-state index in [9.17, 15) is 19.1 Å². The Balaban J connectivity index is 0.00000320. The van der Waals surface area contributed by atoms with Crippen molar-refractivity contribution in [3.8, 4) is 11.5 Å². The average molecular weight is 438 g/mol. The van der Waals surface area contributed by atoms with Crippen LogP contribution >= 0.6 is 12.4 Å². The van der Waals surface area contributed by atoms with E-state index < -0.39 is 22.9 Å². The topological polar surface area (TPSA) is 114 Å². The number of carbonyl (C=O) groups is 2. The maximum atomic E-state index is 14.4. The molecule has 5 N–H and O–H groups in total. The quantitative estimate of drug-likeness (QED) is 0.532. The van der Waals surface area contributed by atoms with Crippen LogP contribution in [0.25, 0.3) is 0 Å². The van der Waals surface area contributed by atoms with Crippen molar-refractivity contribution >= 4 is 24.1 Å². The Bertz CT molecular complexity index is 908. The molecule has 7 nitrogen and oxygen atoms in total. The molecule has 30 heavy (non-hydrogen) atoms. The molecule has 0 aromatic heterocycles. The van der Waals surface area contributed by atoms with Gasteiger partial charge in [0.05, 0.1) is 7.11 Å². The van der Waals surface area contributed by atoms with Gasteiger partial charge in [-0.1, -0.05) is 12.1 Å². The first-order valence-corrected chi connectivity index (χ1v) is 9.39. The lowest BCUT2D eigenvalue weighted by atomic mass is 9.99. The van der Waals surface area contributed by atoms with Gasteiger partial charge in [0.25, 0.3) is 5.91 Å². The maximum absolute atomic E-state index is 14.4. The third-order valence-corrected chi connectivity index (χ3v) is 5.02. The molecule has 0 radical (unpaired) electrons. The van der Waals surface area contributed by atoms with Gasteiger partial charge in [-0.25, -0.2) is 4.39 Å². The second kappa shape index (κ2) is 10.4. The highest BCUT2D eigenvalue weighted by molar-refractivity contribution is 6.11. The Morgan fingerprint density at radius 1 is 1.20 bits per heavy atom. The van der Waals surface area contributed by atoms with Crippen LogP contribution in [0.5, 0.6) is 11.5 Å². The fourth-order valence-electron chi connectivity index (χ4n) is 3.34. The molecule has 0 aliphatic carbocycles. The molecular weight excluding hydrogens is 413 g/mol. The van der Waals surface area contributed by atoms with Crippen molar-refractivity contribution in [1.82, 2.24) is 10.6 Å². The molecule has 2 aromatic rings. The molecule has 1 saturated heterocycles. The second-order valence-corrected chi connectivity index (χ2v) is 6.97. The molecule has 1 aliphatic rings. The van der Waals surface area contributed by atoms with Crippen molar-refractivity contribution in [2.75, 3.05) is 20.2 Å². The molecule has 2 atom stereocenters. The molecule has 1 aliphatic heterocycles. The summed E-state index contributed by atoms with van der Waals surface area (Å²) in [4.78, 5) is 25.2. The molecule has 0 spiro atoms. The first kappa shape index (κ1) is 23.6. The molecule has 2 aromatic carbocycles. The van der Waals surface area contributed by atoms with Crippen LogP contribution < -0.4 is 21.1 Å². The van der Waals surface area contributed by atoms with Crippen LogP contribution in [-0.4, -0.2) is 49.1 Å². The third kappa shape index (κ3) is 5.08. The van der Waals surface area contributed by atoms with Gasteiger partial charge in [0.1, 0.15) is 11.3 Å². The number of ether oxygens (including phenoxy) is 1. The molecule has 0 bridgehead atoms. The van der Waals surface area contributed by atoms with Gasteiger partial charge in [-0.15, -0.1) is 12.4 Å². The van der Waals surface area contributed by atoms with E-state index in [1.165, 1.54) is 43.5 Å². The Morgan fingerprint density at radius 2 is 1.87 bits per heavy atom. The zero-order valence-corrected chi connectivity index (χ0v) is 17.3. The van der Waals surface area contributed by atoms with E-state index in [1.54, 1.807) is 0 Å². The van der Waals surface area contributed by atoms with E-state index in [0.717, 1.165) is 19.4 Å². The summed E-state index contributed by atoms with van der Waals surface area (Å²) in [5.74, 6) is -2.55. The van der Waals surface area contributed by atoms with Crippen molar-refractivity contribution in [3.05, 3.63) is 58.9 Å². The minimum atomic E-state index is -0.935. The molecule has 1 heterocycles. The maximum Gasteiger partial charge on any atom is 0.251 e. The SMILES string of the molecule is COc1ccc(O)c(C(=O)c2ccc(C(=O)N[C@@H]3CCCNC[C@H]3N)cc2)c1F.Cl. The van der Waals surface area contributed by atoms with E-state index in [2.05, 4.69) is 10.6 Å². The number of methoxy groups -OCH3 is 1. The second-order valence-electron chi connectivity index (χ2n) is 6.97. The smallest absolute Gasteiger partial charge is 0.251 e. The number of hydrogen-bond donors (Lipinski definition) is 4. The number of halogens is 2. The average Bonchev–Trinajstić information content (AvgIpc) is 2.92. The van der Waals surface area contributed by atoms with Crippen LogP contribution in [0.4, 0.5) is 4.39 Å². The highest BCUT2D eigenvalue weighted by atomic mass is 35.5. The number of phenols is 1. The fraction of sp³-hybridized carbons (Fsp3) is 0.333. The summed E-state index contributed by atoms with van der Waals surface area (Å²) >= 11 is 0. The van der Waals surface area contributed by atoms with Crippen molar-refractivity contribution in [2.24, 2.45) is 5.73 Å². The molecule has 9 heteroatoms. The first-order valence-electron chi connectivity index (χ1n) is 9.39. The van der Waals surface area contributed by atoms with E-state index in [1.807, 2.05) is 0 Å². The normalized spacial score (nSPS) is 18.6. The zero-order chi connectivity index (χ0) is 21.0. The van der Waals surface area contributed by atoms with Gasteiger partial charge in [0, 0.05) is 29.8 Å². The number of phenolic OH excluding ortho intramolecular Hbond substituents is 1. The number of benzene rings is 2. The van der Waals surface area contributed by atoms with Gasteiger partial charge in [-0.3, -0.25) is 9.59 Å². The van der Waals surface area contributed by atoms with E-state index in [0.29, 0.717) is 12.1 Å². The molecule has 1 amide bonds. The van der Waals surface area contributed by atoms with Crippen LogP contribution in [0.15, 0.2) is 36.4 Å². The number of ketones is 1. The highest BCUT2D eigenvalue weighted by Gasteiger charge is 2.24. The predicted octanol–water partition coefficient (Wildman–Crippen LogP) is 2.00. The number of rotatable bonds is 5. The molecule has 0 unspecified atom stereocenters. The van der Waals surface area contributed by atoms with Gasteiger partial charge in [-0.05, 0) is 43.7 Å². The zero-order valence-electron chi connectivity index (χ0n) is 16.5. The van der Waals surface area contributed by atoms with Crippen LogP contribution in [0.2, 0.25) is 0 Å². The number of nitrogens with two attached hydrogens (primary N) is 1. The minimum absolute atomic E-state index is 0. The number of aromatic hydroxyl groups is 1. The van der Waals surface area contributed by atoms with Crippen molar-refractivity contribution < 1.29 is 23.8 Å². The van der Waals surface area contributed by atoms with Crippen LogP contribution in [0.3, 0.4) is 0 Å². The Kier molecular flexibility index (Phi) is 8.16. The summed E-state index contributed by atoms with van der Waals surface area (Å²) in [6.07, 6.45) is 1.70. The van der Waals surface area contributed by atoms with Crippen LogP contribution in [-0.2, 0) is 0 Å². The first-order chi connectivity index (χ1) is 13.9. The highest BCUT2D eigenvalue weighted by Crippen LogP contribution is 2.30. The summed E-state index contributed by atoms with van der Waals surface area (Å²) in [6.45, 7) is 1.50. The lowest BCUT2D eigenvalue weighted by Gasteiger charge is -2.22. The monoisotopic (exact) mass is 437 g/mol. The van der Waals surface area contributed by atoms with E-state index in [4.69, 9.17) is 10.5 Å². The van der Waals surface area contributed by atoms with E-state index in [-0.39, 0.29) is 41.7 Å². The molecule has 3 rings (SSSR count). The summed E-state index contributed by atoms with van der Waals surface area (Å²) in [7, 11) is 1.27. The number of carbonyl (C=O) groups excluding carboxylic acids is 2. The van der Waals surface area contributed by atoms with Gasteiger partial charge >= 0.3 is 0 Å². The van der Waals surface area contributed by atoms with Crippen molar-refractivity contribution in [3.63, 3.8) is 0 Å². The summed E-state index contributed by atoms with van der Waals surface area (Å²) < 4.78 is 19.3. The number of amides is 1. The fourth-order valence-corrected chi connectivity index (χ4v) is 3.34. The largest absolute Gasteiger partial charge is 0.507 e. The van der Waals surface area contributed by atoms with Gasteiger partial charge in [-0.2, -0.15) is 0 Å². The molecule has 0 saturated carbocycles. The van der Waals surface area contributed by atoms with Gasteiger partial charge < -0.3 is 26.2 Å². The molecule has 162 valence electrons. The lowest BCUT2D eigenvalue weighted by molar-refractivity contribution is 0.0928. The Labute approximate surface area is 180 Å². The third-order valence-electron chi connectivity index (χ3n) is 5.02. The molecular formula is C21H25ClFN3O4. The Hall–Kier alpha value is -2.68. The predicted molar refractivity (Wildman–Crippen MR) is 113 cm³/mol. The van der Waals surface area contributed by atoms with Gasteiger partial charge in [0.2, 0.25) is 0 Å². The van der Waals surface area contributed by atoms with Crippen molar-refractivity contribution in [1.29, 1.82) is 0 Å². The van der Waals surface area contributed by atoms with E-state index >= 15 is 0 Å². The summed E-state index contributed by atoms with van der Waals surface area (Å²) in [6, 6.07) is 7.93. The van der Waals surface area contributed by atoms with Crippen LogP contribution in [0.1, 0.15) is 39.1 Å². The number of hydrogen-bond acceptors (Lipinski definition) is 6. The van der Waals surface area contributed by atoms with Gasteiger partial charge in [0.15, 0.2) is 17.3 Å². The summed E-state index contributed by atoms with van der Waals surface area (Å²) in [5, 5.41) is 16.1. The van der Waals surface area contributed by atoms with Crippen molar-refractivity contribution in [2.45, 2.75) is 24.9 Å². The lowest BCUT2D eigenvalue weighted by Crippen LogP contribution is -2.50. The summed E-state index contributed by atoms with van der Waals surface area (Å²) in [5.41, 5.74) is 6.12. The van der Waals surface area contributed by atoms with Crippen LogP contribution in [0, 0.1) is 5.82 Å². The standard InChI is InChI=1S/C21H24FN3O4.ClH/c1-29-17-9-8-16(26)18(19(17)22)20(27)12-4-6-13(7-5-12)21(28)25-15-3-2-10-24-11-14(15)23;/h4-9,14-15,24,26H,2-3,10-11,23H2,1H3,(H,25,28);1H/t14-,15-;/m1./s1. The minimum Gasteiger partial charge on any atom is -0.507 e. The Morgan fingerprint density at radius 3 is 2.53 bits per heavy atom. The molecule has 1 fully saturated rings.